The lowest BCUT2D eigenvalue weighted by Crippen LogP contribution is -2.29. The van der Waals surface area contributed by atoms with Gasteiger partial charge in [0.05, 0.1) is 10.0 Å². The third kappa shape index (κ3) is 3.33. The average molecular weight is 401 g/mol. The number of halogens is 3. The molecule has 0 aliphatic carbocycles. The second-order valence-electron chi connectivity index (χ2n) is 5.00. The zero-order chi connectivity index (χ0) is 14.9. The number of rotatable bonds is 4. The molecule has 0 spiro atoms. The molecule has 0 N–H and O–H groups in total. The molecule has 20 heavy (non-hydrogen) atoms. The van der Waals surface area contributed by atoms with E-state index in [0.29, 0.717) is 23.5 Å². The van der Waals surface area contributed by atoms with E-state index in [0.717, 1.165) is 19.3 Å². The van der Waals surface area contributed by atoms with Crippen LogP contribution in [-0.2, 0) is 10.0 Å². The Labute approximate surface area is 138 Å². The molecule has 1 unspecified atom stereocenters. The van der Waals surface area contributed by atoms with Gasteiger partial charge in [0.1, 0.15) is 4.90 Å². The highest BCUT2D eigenvalue weighted by Crippen LogP contribution is 2.36. The summed E-state index contributed by atoms with van der Waals surface area (Å²) in [5.41, 5.74) is 0. The molecule has 2 rings (SSSR count). The van der Waals surface area contributed by atoms with Gasteiger partial charge in [-0.1, -0.05) is 52.5 Å². The lowest BCUT2D eigenvalue weighted by molar-refractivity contribution is 0.444. The second-order valence-corrected chi connectivity index (χ2v) is 8.61. The molecule has 0 aromatic heterocycles. The molecule has 3 nitrogen and oxygen atoms in total. The van der Waals surface area contributed by atoms with E-state index in [1.807, 2.05) is 0 Å². The first-order valence-electron chi connectivity index (χ1n) is 6.51. The van der Waals surface area contributed by atoms with Gasteiger partial charge in [-0.15, -0.1) is 0 Å². The van der Waals surface area contributed by atoms with Crippen molar-refractivity contribution in [2.45, 2.75) is 31.1 Å². The fourth-order valence-corrected chi connectivity index (χ4v) is 5.98. The second kappa shape index (κ2) is 6.53. The Balaban J connectivity index is 2.33. The van der Waals surface area contributed by atoms with Gasteiger partial charge in [0.2, 0.25) is 10.0 Å². The maximum absolute atomic E-state index is 12.7. The van der Waals surface area contributed by atoms with Crippen molar-refractivity contribution >= 4 is 49.2 Å². The lowest BCUT2D eigenvalue weighted by atomic mass is 10.0. The summed E-state index contributed by atoms with van der Waals surface area (Å²) in [5, 5.41) is 0.312. The summed E-state index contributed by atoms with van der Waals surface area (Å²) in [5.74, 6) is 0.433. The first kappa shape index (κ1) is 16.6. The molecule has 0 saturated carbocycles. The molecule has 1 atom stereocenters. The molecule has 1 aliphatic heterocycles. The Morgan fingerprint density at radius 3 is 2.50 bits per heavy atom. The normalized spacial score (nSPS) is 20.5. The molecule has 1 aliphatic rings. The maximum atomic E-state index is 12.7. The Hall–Kier alpha value is 0.190. The topological polar surface area (TPSA) is 37.4 Å². The van der Waals surface area contributed by atoms with Crippen molar-refractivity contribution in [2.24, 2.45) is 5.92 Å². The zero-order valence-corrected chi connectivity index (χ0v) is 15.0. The lowest BCUT2D eigenvalue weighted by Gasteiger charge is -2.18. The van der Waals surface area contributed by atoms with E-state index in [1.54, 1.807) is 12.1 Å². The highest BCUT2D eigenvalue weighted by atomic mass is 79.9. The summed E-state index contributed by atoms with van der Waals surface area (Å²) < 4.78 is 27.5. The van der Waals surface area contributed by atoms with Crippen LogP contribution in [0.1, 0.15) is 26.2 Å². The molecule has 1 aromatic rings. The maximum Gasteiger partial charge on any atom is 0.246 e. The molecule has 1 heterocycles. The van der Waals surface area contributed by atoms with Crippen LogP contribution in [0.4, 0.5) is 0 Å². The molecule has 112 valence electrons. The summed E-state index contributed by atoms with van der Waals surface area (Å²) in [7, 11) is -3.62. The van der Waals surface area contributed by atoms with Gasteiger partial charge in [0, 0.05) is 17.6 Å². The fourth-order valence-electron chi connectivity index (χ4n) is 2.56. The van der Waals surface area contributed by atoms with Gasteiger partial charge in [-0.05, 0) is 30.9 Å². The van der Waals surface area contributed by atoms with Crippen LogP contribution >= 0.6 is 39.1 Å². The minimum absolute atomic E-state index is 0.0150. The largest absolute Gasteiger partial charge is 0.246 e. The van der Waals surface area contributed by atoms with Crippen molar-refractivity contribution in [1.82, 2.24) is 4.31 Å². The van der Waals surface area contributed by atoms with Crippen molar-refractivity contribution < 1.29 is 8.42 Å². The van der Waals surface area contributed by atoms with Crippen molar-refractivity contribution in [1.29, 1.82) is 0 Å². The molecule has 7 heteroatoms. The van der Waals surface area contributed by atoms with Crippen molar-refractivity contribution in [3.63, 3.8) is 0 Å². The predicted octanol–water partition coefficient (Wildman–Crippen LogP) is 4.57. The summed E-state index contributed by atoms with van der Waals surface area (Å²) >= 11 is 15.4. The molecular weight excluding hydrogens is 385 g/mol. The van der Waals surface area contributed by atoms with Gasteiger partial charge < -0.3 is 0 Å². The van der Waals surface area contributed by atoms with E-state index in [9.17, 15) is 8.42 Å². The van der Waals surface area contributed by atoms with E-state index < -0.39 is 10.0 Å². The summed E-state index contributed by atoms with van der Waals surface area (Å²) in [6.45, 7) is 3.20. The Kier molecular flexibility index (Phi) is 5.40. The van der Waals surface area contributed by atoms with Gasteiger partial charge in [0.15, 0.2) is 0 Å². The van der Waals surface area contributed by atoms with Crippen LogP contribution in [0.25, 0.3) is 0 Å². The van der Waals surface area contributed by atoms with E-state index in [1.165, 1.54) is 4.31 Å². The number of nitrogens with zero attached hydrogens (tertiary/aromatic N) is 1. The monoisotopic (exact) mass is 399 g/mol. The van der Waals surface area contributed by atoms with Gasteiger partial charge in [0.25, 0.3) is 0 Å². The smallest absolute Gasteiger partial charge is 0.207 e. The van der Waals surface area contributed by atoms with E-state index in [2.05, 4.69) is 22.9 Å². The predicted molar refractivity (Wildman–Crippen MR) is 85.9 cm³/mol. The van der Waals surface area contributed by atoms with Gasteiger partial charge >= 0.3 is 0 Å². The van der Waals surface area contributed by atoms with Crippen LogP contribution in [0, 0.1) is 5.92 Å². The van der Waals surface area contributed by atoms with Crippen LogP contribution in [-0.4, -0.2) is 25.8 Å². The van der Waals surface area contributed by atoms with Gasteiger partial charge in [-0.25, -0.2) is 8.42 Å². The summed E-state index contributed by atoms with van der Waals surface area (Å²) in [4.78, 5) is 0.0150. The molecule has 1 aromatic carbocycles. The SMILES string of the molecule is CCCC1CCN(S(=O)(=O)c2c(Cl)cc(Br)cc2Cl)C1. The highest BCUT2D eigenvalue weighted by molar-refractivity contribution is 9.10. The minimum atomic E-state index is -3.62. The highest BCUT2D eigenvalue weighted by Gasteiger charge is 2.34. The van der Waals surface area contributed by atoms with Crippen LogP contribution < -0.4 is 0 Å². The van der Waals surface area contributed by atoms with Crippen molar-refractivity contribution in [2.75, 3.05) is 13.1 Å². The van der Waals surface area contributed by atoms with E-state index in [-0.39, 0.29) is 14.9 Å². The Morgan fingerprint density at radius 2 is 1.95 bits per heavy atom. The molecule has 0 bridgehead atoms. The molecular formula is C13H16BrCl2NO2S. The van der Waals surface area contributed by atoms with E-state index in [4.69, 9.17) is 23.2 Å². The number of hydrogen-bond donors (Lipinski definition) is 0. The molecule has 0 amide bonds. The van der Waals surface area contributed by atoms with E-state index >= 15 is 0 Å². The van der Waals surface area contributed by atoms with Crippen LogP contribution in [0.5, 0.6) is 0 Å². The number of hydrogen-bond acceptors (Lipinski definition) is 2. The van der Waals surface area contributed by atoms with Crippen molar-refractivity contribution in [3.05, 3.63) is 26.7 Å². The molecule has 1 saturated heterocycles. The molecule has 0 radical (unpaired) electrons. The minimum Gasteiger partial charge on any atom is -0.207 e. The Morgan fingerprint density at radius 1 is 1.35 bits per heavy atom. The third-order valence-corrected chi connectivity index (χ3v) is 6.75. The zero-order valence-electron chi connectivity index (χ0n) is 11.1. The number of sulfonamides is 1. The first-order valence-corrected chi connectivity index (χ1v) is 9.49. The first-order chi connectivity index (χ1) is 9.36. The molecule has 1 fully saturated rings. The van der Waals surface area contributed by atoms with Gasteiger partial charge in [-0.3, -0.25) is 0 Å². The van der Waals surface area contributed by atoms with Crippen LogP contribution in [0.15, 0.2) is 21.5 Å². The summed E-state index contributed by atoms with van der Waals surface area (Å²) in [6.07, 6.45) is 3.02. The third-order valence-electron chi connectivity index (χ3n) is 3.51. The Bertz CT molecular complexity index is 583. The van der Waals surface area contributed by atoms with Crippen LogP contribution in [0.2, 0.25) is 10.0 Å². The summed E-state index contributed by atoms with van der Waals surface area (Å²) in [6, 6.07) is 3.11. The average Bonchev–Trinajstić information content (AvgIpc) is 2.76. The van der Waals surface area contributed by atoms with Gasteiger partial charge in [-0.2, -0.15) is 4.31 Å². The fraction of sp³-hybridized carbons (Fsp3) is 0.538. The van der Waals surface area contributed by atoms with Crippen LogP contribution in [0.3, 0.4) is 0 Å². The van der Waals surface area contributed by atoms with Crippen molar-refractivity contribution in [3.8, 4) is 0 Å². The standard InChI is InChI=1S/C13H16BrCl2NO2S/c1-2-3-9-4-5-17(8-9)20(18,19)13-11(15)6-10(14)7-12(13)16/h6-7,9H,2-5,8H2,1H3. The quantitative estimate of drug-likeness (QED) is 0.742. The number of benzene rings is 1.